The van der Waals surface area contributed by atoms with Crippen LogP contribution in [0.4, 0.5) is 0 Å². The first kappa shape index (κ1) is 13.9. The summed E-state index contributed by atoms with van der Waals surface area (Å²) in [5.74, 6) is 0. The van der Waals surface area contributed by atoms with E-state index in [9.17, 15) is 0 Å². The van der Waals surface area contributed by atoms with E-state index < -0.39 is 0 Å². The van der Waals surface area contributed by atoms with E-state index in [-0.39, 0.29) is 0 Å². The minimum atomic E-state index is 0.498. The van der Waals surface area contributed by atoms with Crippen molar-refractivity contribution in [3.05, 3.63) is 16.1 Å². The van der Waals surface area contributed by atoms with Crippen molar-refractivity contribution in [2.45, 2.75) is 45.9 Å². The molecular weight excluding hydrogens is 246 g/mol. The van der Waals surface area contributed by atoms with Crippen molar-refractivity contribution in [2.24, 2.45) is 0 Å². The third-order valence-electron chi connectivity index (χ3n) is 3.13. The first-order valence-electron chi connectivity index (χ1n) is 6.63. The highest BCUT2D eigenvalue weighted by Crippen LogP contribution is 2.15. The predicted molar refractivity (Wildman–Crippen MR) is 74.8 cm³/mol. The quantitative estimate of drug-likeness (QED) is 0.885. The number of nitrogens with one attached hydrogen (secondary N) is 1. The van der Waals surface area contributed by atoms with Crippen LogP contribution in [0, 0.1) is 0 Å². The Labute approximate surface area is 113 Å². The molecule has 0 saturated carbocycles. The minimum Gasteiger partial charge on any atom is -0.379 e. The molecule has 1 aliphatic heterocycles. The van der Waals surface area contributed by atoms with Gasteiger partial charge in [-0.05, 0) is 6.92 Å². The Morgan fingerprint density at radius 2 is 2.44 bits per heavy atom. The summed E-state index contributed by atoms with van der Waals surface area (Å²) in [5.41, 5.74) is 1.19. The number of morpholine rings is 1. The fraction of sp³-hybridized carbons (Fsp3) is 0.769. The molecule has 1 aliphatic rings. The standard InChI is InChI=1S/C13H23N3OS/c1-10(2)14-6-13-15-12(9-18-13)7-16-4-5-17-8-11(16)3/h9-11,14H,4-8H2,1-3H3. The van der Waals surface area contributed by atoms with Crippen LogP contribution in [-0.2, 0) is 17.8 Å². The van der Waals surface area contributed by atoms with Gasteiger partial charge in [0.1, 0.15) is 5.01 Å². The molecule has 0 radical (unpaired) electrons. The molecule has 102 valence electrons. The molecule has 0 amide bonds. The van der Waals surface area contributed by atoms with Gasteiger partial charge < -0.3 is 10.1 Å². The Hall–Kier alpha value is -0.490. The maximum Gasteiger partial charge on any atom is 0.107 e. The van der Waals surface area contributed by atoms with Gasteiger partial charge in [-0.1, -0.05) is 13.8 Å². The SMILES string of the molecule is CC(C)NCc1nc(CN2CCOCC2C)cs1. The van der Waals surface area contributed by atoms with Crippen LogP contribution < -0.4 is 5.32 Å². The fourth-order valence-electron chi connectivity index (χ4n) is 2.00. The minimum absolute atomic E-state index is 0.498. The smallest absolute Gasteiger partial charge is 0.107 e. The summed E-state index contributed by atoms with van der Waals surface area (Å²) in [6.07, 6.45) is 0. The van der Waals surface area contributed by atoms with Gasteiger partial charge >= 0.3 is 0 Å². The molecule has 0 aromatic carbocycles. The van der Waals surface area contributed by atoms with Crippen LogP contribution in [0.5, 0.6) is 0 Å². The number of hydrogen-bond acceptors (Lipinski definition) is 5. The monoisotopic (exact) mass is 269 g/mol. The Kier molecular flexibility index (Phi) is 5.12. The van der Waals surface area contributed by atoms with Gasteiger partial charge in [-0.3, -0.25) is 4.90 Å². The van der Waals surface area contributed by atoms with Crippen molar-refractivity contribution < 1.29 is 4.74 Å². The van der Waals surface area contributed by atoms with Gasteiger partial charge in [0.25, 0.3) is 0 Å². The molecule has 1 aromatic heterocycles. The number of thiazole rings is 1. The lowest BCUT2D eigenvalue weighted by Gasteiger charge is -2.32. The second-order valence-electron chi connectivity index (χ2n) is 5.16. The Bertz CT molecular complexity index is 367. The summed E-state index contributed by atoms with van der Waals surface area (Å²) in [5, 5.41) is 6.76. The van der Waals surface area contributed by atoms with E-state index in [0.717, 1.165) is 32.8 Å². The topological polar surface area (TPSA) is 37.4 Å². The van der Waals surface area contributed by atoms with Crippen LogP contribution in [0.15, 0.2) is 5.38 Å². The van der Waals surface area contributed by atoms with Crippen molar-refractivity contribution in [1.82, 2.24) is 15.2 Å². The maximum absolute atomic E-state index is 5.45. The Morgan fingerprint density at radius 1 is 1.61 bits per heavy atom. The van der Waals surface area contributed by atoms with Gasteiger partial charge in [-0.15, -0.1) is 11.3 Å². The molecule has 2 heterocycles. The van der Waals surface area contributed by atoms with E-state index >= 15 is 0 Å². The summed E-state index contributed by atoms with van der Waals surface area (Å²) in [7, 11) is 0. The van der Waals surface area contributed by atoms with Gasteiger partial charge in [-0.25, -0.2) is 4.98 Å². The van der Waals surface area contributed by atoms with Crippen LogP contribution in [0.3, 0.4) is 0 Å². The molecule has 1 atom stereocenters. The van der Waals surface area contributed by atoms with E-state index in [2.05, 4.69) is 41.4 Å². The molecule has 1 unspecified atom stereocenters. The maximum atomic E-state index is 5.45. The van der Waals surface area contributed by atoms with Crippen molar-refractivity contribution in [2.75, 3.05) is 19.8 Å². The molecule has 18 heavy (non-hydrogen) atoms. The van der Waals surface area contributed by atoms with E-state index in [1.807, 2.05) is 0 Å². The lowest BCUT2D eigenvalue weighted by Crippen LogP contribution is -2.42. The summed E-state index contributed by atoms with van der Waals surface area (Å²) in [6, 6.07) is 1.01. The summed E-state index contributed by atoms with van der Waals surface area (Å²) in [4.78, 5) is 7.13. The lowest BCUT2D eigenvalue weighted by molar-refractivity contribution is -0.00484. The molecule has 1 fully saturated rings. The first-order chi connectivity index (χ1) is 8.65. The van der Waals surface area contributed by atoms with E-state index in [4.69, 9.17) is 4.74 Å². The fourth-order valence-corrected chi connectivity index (χ4v) is 2.73. The van der Waals surface area contributed by atoms with E-state index in [0.29, 0.717) is 12.1 Å². The second kappa shape index (κ2) is 6.61. The van der Waals surface area contributed by atoms with Gasteiger partial charge in [0.15, 0.2) is 0 Å². The number of nitrogens with zero attached hydrogens (tertiary/aromatic N) is 2. The van der Waals surface area contributed by atoms with E-state index in [1.54, 1.807) is 11.3 Å². The van der Waals surface area contributed by atoms with Crippen molar-refractivity contribution >= 4 is 11.3 Å². The number of ether oxygens (including phenoxy) is 1. The highest BCUT2D eigenvalue weighted by atomic mass is 32.1. The van der Waals surface area contributed by atoms with Crippen LogP contribution in [0.2, 0.25) is 0 Å². The zero-order valence-electron chi connectivity index (χ0n) is 11.5. The average molecular weight is 269 g/mol. The molecule has 2 rings (SSSR count). The molecule has 4 nitrogen and oxygen atoms in total. The van der Waals surface area contributed by atoms with Crippen LogP contribution >= 0.6 is 11.3 Å². The normalized spacial score (nSPS) is 21.7. The summed E-state index contributed by atoms with van der Waals surface area (Å²) >= 11 is 1.75. The molecule has 5 heteroatoms. The van der Waals surface area contributed by atoms with Gasteiger partial charge in [0, 0.05) is 37.1 Å². The molecular formula is C13H23N3OS. The third kappa shape index (κ3) is 4.02. The molecule has 1 saturated heterocycles. The van der Waals surface area contributed by atoms with E-state index in [1.165, 1.54) is 10.7 Å². The first-order valence-corrected chi connectivity index (χ1v) is 7.51. The molecule has 0 spiro atoms. The average Bonchev–Trinajstić information content (AvgIpc) is 2.77. The van der Waals surface area contributed by atoms with Crippen molar-refractivity contribution in [1.29, 1.82) is 0 Å². The second-order valence-corrected chi connectivity index (χ2v) is 6.11. The predicted octanol–water partition coefficient (Wildman–Crippen LogP) is 1.86. The lowest BCUT2D eigenvalue weighted by atomic mass is 10.2. The number of aromatic nitrogens is 1. The molecule has 0 bridgehead atoms. The van der Waals surface area contributed by atoms with Crippen LogP contribution in [0.25, 0.3) is 0 Å². The Morgan fingerprint density at radius 3 is 3.17 bits per heavy atom. The van der Waals surface area contributed by atoms with Crippen molar-refractivity contribution in [3.8, 4) is 0 Å². The van der Waals surface area contributed by atoms with Crippen LogP contribution in [-0.4, -0.2) is 41.7 Å². The third-order valence-corrected chi connectivity index (χ3v) is 4.03. The molecule has 1 aromatic rings. The molecule has 1 N–H and O–H groups in total. The summed E-state index contributed by atoms with van der Waals surface area (Å²) < 4.78 is 5.45. The zero-order chi connectivity index (χ0) is 13.0. The zero-order valence-corrected chi connectivity index (χ0v) is 12.3. The number of hydrogen-bond donors (Lipinski definition) is 1. The molecule has 0 aliphatic carbocycles. The van der Waals surface area contributed by atoms with Gasteiger partial charge in [-0.2, -0.15) is 0 Å². The van der Waals surface area contributed by atoms with Gasteiger partial charge in [0.05, 0.1) is 18.9 Å². The van der Waals surface area contributed by atoms with Gasteiger partial charge in [0.2, 0.25) is 0 Å². The summed E-state index contributed by atoms with van der Waals surface area (Å²) in [6.45, 7) is 11.0. The highest BCUT2D eigenvalue weighted by Gasteiger charge is 2.19. The largest absolute Gasteiger partial charge is 0.379 e. The van der Waals surface area contributed by atoms with Crippen molar-refractivity contribution in [3.63, 3.8) is 0 Å². The Balaban J connectivity index is 1.85. The number of rotatable bonds is 5. The highest BCUT2D eigenvalue weighted by molar-refractivity contribution is 7.09. The van der Waals surface area contributed by atoms with Crippen LogP contribution in [0.1, 0.15) is 31.5 Å².